The molecule has 2 rings (SSSR count). The standard InChI is InChI=1S/C10H11ClN2OS/c1-2-7-5-9(14)13-8(3-4-11)6-15-10(13)12-7/h5-6H,2-4H2,1H3. The lowest BCUT2D eigenvalue weighted by molar-refractivity contribution is 0.923. The molecule has 0 radical (unpaired) electrons. The van der Waals surface area contributed by atoms with E-state index in [1.807, 2.05) is 12.3 Å². The third-order valence-electron chi connectivity index (χ3n) is 2.24. The van der Waals surface area contributed by atoms with Gasteiger partial charge in [-0.1, -0.05) is 6.92 Å². The van der Waals surface area contributed by atoms with E-state index in [9.17, 15) is 4.79 Å². The first-order chi connectivity index (χ1) is 7.26. The van der Waals surface area contributed by atoms with Crippen LogP contribution < -0.4 is 5.56 Å². The maximum Gasteiger partial charge on any atom is 0.258 e. The highest BCUT2D eigenvalue weighted by Crippen LogP contribution is 2.13. The third-order valence-corrected chi connectivity index (χ3v) is 3.31. The summed E-state index contributed by atoms with van der Waals surface area (Å²) in [6.45, 7) is 1.99. The number of thiazole rings is 1. The molecule has 0 aliphatic carbocycles. The summed E-state index contributed by atoms with van der Waals surface area (Å²) in [5.41, 5.74) is 1.79. The summed E-state index contributed by atoms with van der Waals surface area (Å²) in [5, 5.41) is 1.95. The van der Waals surface area contributed by atoms with Crippen molar-refractivity contribution in [2.45, 2.75) is 19.8 Å². The quantitative estimate of drug-likeness (QED) is 0.773. The first-order valence-corrected chi connectivity index (χ1v) is 6.22. The highest BCUT2D eigenvalue weighted by Gasteiger charge is 2.07. The maximum absolute atomic E-state index is 11.8. The zero-order valence-corrected chi connectivity index (χ0v) is 9.94. The predicted octanol–water partition coefficient (Wildman–Crippen LogP) is 2.10. The molecule has 0 aliphatic rings. The van der Waals surface area contributed by atoms with Gasteiger partial charge >= 0.3 is 0 Å². The van der Waals surface area contributed by atoms with Crippen LogP contribution >= 0.6 is 22.9 Å². The molecule has 2 aromatic heterocycles. The van der Waals surface area contributed by atoms with Crippen LogP contribution in [-0.4, -0.2) is 15.3 Å². The van der Waals surface area contributed by atoms with Gasteiger partial charge in [-0.25, -0.2) is 4.98 Å². The molecular weight excluding hydrogens is 232 g/mol. The van der Waals surface area contributed by atoms with E-state index in [-0.39, 0.29) is 5.56 Å². The molecule has 0 amide bonds. The first-order valence-electron chi connectivity index (χ1n) is 4.81. The molecule has 0 N–H and O–H groups in total. The number of alkyl halides is 1. The lowest BCUT2D eigenvalue weighted by Crippen LogP contribution is -2.16. The lowest BCUT2D eigenvalue weighted by Gasteiger charge is -1.99. The Bertz CT molecular complexity index is 532. The molecule has 0 aliphatic heterocycles. The van der Waals surface area contributed by atoms with E-state index in [4.69, 9.17) is 11.6 Å². The Morgan fingerprint density at radius 1 is 1.60 bits per heavy atom. The summed E-state index contributed by atoms with van der Waals surface area (Å²) in [7, 11) is 0. The number of nitrogens with zero attached hydrogens (tertiary/aromatic N) is 2. The van der Waals surface area contributed by atoms with Crippen molar-refractivity contribution in [1.82, 2.24) is 9.38 Å². The van der Waals surface area contributed by atoms with Crippen molar-refractivity contribution in [3.8, 4) is 0 Å². The first kappa shape index (κ1) is 10.6. The fraction of sp³-hybridized carbons (Fsp3) is 0.400. The normalized spacial score (nSPS) is 11.1. The van der Waals surface area contributed by atoms with Crippen molar-refractivity contribution >= 4 is 27.9 Å². The summed E-state index contributed by atoms with van der Waals surface area (Å²) in [6, 6.07) is 1.59. The summed E-state index contributed by atoms with van der Waals surface area (Å²) in [5.74, 6) is 0.522. The minimum atomic E-state index is -0.00165. The lowest BCUT2D eigenvalue weighted by atomic mass is 10.3. The minimum absolute atomic E-state index is 0.00165. The Hall–Kier alpha value is -0.870. The fourth-order valence-corrected chi connectivity index (χ4v) is 2.61. The zero-order chi connectivity index (χ0) is 10.8. The highest BCUT2D eigenvalue weighted by molar-refractivity contribution is 7.15. The molecule has 0 atom stereocenters. The van der Waals surface area contributed by atoms with Gasteiger partial charge < -0.3 is 0 Å². The van der Waals surface area contributed by atoms with Gasteiger partial charge in [-0.2, -0.15) is 0 Å². The Morgan fingerprint density at radius 3 is 3.07 bits per heavy atom. The van der Waals surface area contributed by atoms with Gasteiger partial charge in [0.05, 0.1) is 0 Å². The monoisotopic (exact) mass is 242 g/mol. The van der Waals surface area contributed by atoms with Crippen LogP contribution in [0.1, 0.15) is 18.3 Å². The number of halogens is 1. The number of aryl methyl sites for hydroxylation is 2. The van der Waals surface area contributed by atoms with Crippen LogP contribution in [0.3, 0.4) is 0 Å². The molecule has 0 fully saturated rings. The fourth-order valence-electron chi connectivity index (χ4n) is 1.47. The molecule has 2 heterocycles. The van der Waals surface area contributed by atoms with Crippen molar-refractivity contribution in [3.05, 3.63) is 33.2 Å². The van der Waals surface area contributed by atoms with Gasteiger partial charge in [0.15, 0.2) is 4.96 Å². The third kappa shape index (κ3) is 1.92. The van der Waals surface area contributed by atoms with Crippen molar-refractivity contribution in [3.63, 3.8) is 0 Å². The molecule has 0 spiro atoms. The van der Waals surface area contributed by atoms with E-state index in [0.29, 0.717) is 12.3 Å². The highest BCUT2D eigenvalue weighted by atomic mass is 35.5. The molecule has 2 aromatic rings. The van der Waals surface area contributed by atoms with Crippen LogP contribution in [0.4, 0.5) is 0 Å². The molecule has 0 saturated heterocycles. The van der Waals surface area contributed by atoms with Crippen LogP contribution in [0.5, 0.6) is 0 Å². The van der Waals surface area contributed by atoms with Crippen LogP contribution in [-0.2, 0) is 12.8 Å². The largest absolute Gasteiger partial charge is 0.269 e. The topological polar surface area (TPSA) is 34.4 Å². The van der Waals surface area contributed by atoms with Gasteiger partial charge in [0.1, 0.15) is 0 Å². The average Bonchev–Trinajstić information content (AvgIpc) is 2.62. The summed E-state index contributed by atoms with van der Waals surface area (Å²) in [6.07, 6.45) is 1.49. The van der Waals surface area contributed by atoms with E-state index in [1.54, 1.807) is 10.5 Å². The zero-order valence-electron chi connectivity index (χ0n) is 8.36. The number of fused-ring (bicyclic) bond motifs is 1. The molecule has 0 aromatic carbocycles. The Morgan fingerprint density at radius 2 is 2.40 bits per heavy atom. The molecule has 0 saturated carbocycles. The average molecular weight is 243 g/mol. The van der Waals surface area contributed by atoms with Crippen LogP contribution in [0.25, 0.3) is 4.96 Å². The minimum Gasteiger partial charge on any atom is -0.269 e. The van der Waals surface area contributed by atoms with Crippen molar-refractivity contribution in [2.75, 3.05) is 5.88 Å². The van der Waals surface area contributed by atoms with E-state index >= 15 is 0 Å². The summed E-state index contributed by atoms with van der Waals surface area (Å²) in [4.78, 5) is 17.0. The second-order valence-corrected chi connectivity index (χ2v) is 4.44. The maximum atomic E-state index is 11.8. The van der Waals surface area contributed by atoms with Crippen LogP contribution in [0.2, 0.25) is 0 Å². The summed E-state index contributed by atoms with van der Waals surface area (Å²) >= 11 is 7.16. The smallest absolute Gasteiger partial charge is 0.258 e. The van der Waals surface area contributed by atoms with Crippen LogP contribution in [0.15, 0.2) is 16.2 Å². The second-order valence-electron chi connectivity index (χ2n) is 3.22. The predicted molar refractivity (Wildman–Crippen MR) is 63.1 cm³/mol. The van der Waals surface area contributed by atoms with Crippen molar-refractivity contribution in [2.24, 2.45) is 0 Å². The van der Waals surface area contributed by atoms with E-state index in [2.05, 4.69) is 4.98 Å². The number of hydrogen-bond donors (Lipinski definition) is 0. The van der Waals surface area contributed by atoms with E-state index in [0.717, 1.165) is 22.8 Å². The number of rotatable bonds is 3. The van der Waals surface area contributed by atoms with Crippen LogP contribution in [0, 0.1) is 0 Å². The molecule has 5 heteroatoms. The van der Waals surface area contributed by atoms with Crippen molar-refractivity contribution < 1.29 is 0 Å². The molecular formula is C10H11ClN2OS. The van der Waals surface area contributed by atoms with E-state index in [1.165, 1.54) is 11.3 Å². The number of aromatic nitrogens is 2. The van der Waals surface area contributed by atoms with Gasteiger partial charge in [-0.15, -0.1) is 22.9 Å². The van der Waals surface area contributed by atoms with Gasteiger partial charge in [0.2, 0.25) is 0 Å². The number of hydrogen-bond acceptors (Lipinski definition) is 3. The second kappa shape index (κ2) is 4.33. The van der Waals surface area contributed by atoms with Gasteiger partial charge in [-0.3, -0.25) is 9.20 Å². The Labute approximate surface area is 96.3 Å². The van der Waals surface area contributed by atoms with Gasteiger partial charge in [0, 0.05) is 35.1 Å². The SMILES string of the molecule is CCc1cc(=O)n2c(CCCl)csc2n1. The van der Waals surface area contributed by atoms with Crippen molar-refractivity contribution in [1.29, 1.82) is 0 Å². The Kier molecular flexibility index (Phi) is 3.07. The Balaban J connectivity index is 2.66. The van der Waals surface area contributed by atoms with E-state index < -0.39 is 0 Å². The summed E-state index contributed by atoms with van der Waals surface area (Å²) < 4.78 is 1.65. The molecule has 0 unspecified atom stereocenters. The molecule has 0 bridgehead atoms. The molecule has 15 heavy (non-hydrogen) atoms. The molecule has 80 valence electrons. The van der Waals surface area contributed by atoms with Gasteiger partial charge in [-0.05, 0) is 6.42 Å². The van der Waals surface area contributed by atoms with Gasteiger partial charge in [0.25, 0.3) is 5.56 Å². The molecule has 3 nitrogen and oxygen atoms in total.